The molecule has 3 aromatic rings. The molecule has 4 rings (SSSR count). The Hall–Kier alpha value is -2.49. The van der Waals surface area contributed by atoms with Crippen LogP contribution in [0, 0.1) is 0 Å². The molecule has 1 atom stereocenters. The van der Waals surface area contributed by atoms with E-state index in [2.05, 4.69) is 47.0 Å². The van der Waals surface area contributed by atoms with E-state index in [1.165, 1.54) is 11.1 Å². The molecule has 1 aliphatic heterocycles. The Balaban J connectivity index is 0.00000210. The van der Waals surface area contributed by atoms with E-state index in [4.69, 9.17) is 16.6 Å². The van der Waals surface area contributed by atoms with Crippen molar-refractivity contribution in [2.45, 2.75) is 12.5 Å². The van der Waals surface area contributed by atoms with Crippen LogP contribution in [-0.2, 0) is 6.54 Å². The molecule has 0 saturated carbocycles. The molecule has 1 heterocycles. The highest BCUT2D eigenvalue weighted by Crippen LogP contribution is 2.35. The van der Waals surface area contributed by atoms with E-state index in [9.17, 15) is 0 Å². The number of benzene rings is 3. The zero-order valence-corrected chi connectivity index (χ0v) is 16.3. The molecule has 0 aromatic heterocycles. The quantitative estimate of drug-likeness (QED) is 0.630. The fraction of sp³-hybridized carbons (Fsp3) is 0.136. The van der Waals surface area contributed by atoms with Crippen LogP contribution in [0.5, 0.6) is 0 Å². The van der Waals surface area contributed by atoms with Crippen LogP contribution in [0.3, 0.4) is 0 Å². The van der Waals surface area contributed by atoms with Gasteiger partial charge in [0.2, 0.25) is 0 Å². The number of fused-ring (bicyclic) bond motifs is 1. The van der Waals surface area contributed by atoms with Gasteiger partial charge in [0.25, 0.3) is 0 Å². The number of nitrogens with one attached hydrogen (secondary N) is 2. The van der Waals surface area contributed by atoms with Crippen LogP contribution in [-0.4, -0.2) is 12.5 Å². The molecule has 3 aromatic carbocycles. The first-order valence-electron chi connectivity index (χ1n) is 8.74. The summed E-state index contributed by atoms with van der Waals surface area (Å²) in [6.45, 7) is 1.49. The molecule has 0 aliphatic carbocycles. The third-order valence-electron chi connectivity index (χ3n) is 4.58. The Labute approximate surface area is 170 Å². The monoisotopic (exact) mass is 397 g/mol. The third-order valence-corrected chi connectivity index (χ3v) is 4.81. The van der Waals surface area contributed by atoms with Crippen molar-refractivity contribution < 1.29 is 0 Å². The van der Waals surface area contributed by atoms with Crippen molar-refractivity contribution in [2.24, 2.45) is 4.99 Å². The molecule has 0 bridgehead atoms. The minimum atomic E-state index is 0. The predicted octanol–water partition coefficient (Wildman–Crippen LogP) is 5.27. The summed E-state index contributed by atoms with van der Waals surface area (Å²) in [5.41, 5.74) is 4.57. The molecule has 0 fully saturated rings. The van der Waals surface area contributed by atoms with Gasteiger partial charge in [0, 0.05) is 24.0 Å². The van der Waals surface area contributed by atoms with Gasteiger partial charge in [-0.05, 0) is 34.9 Å². The normalized spacial score (nSPS) is 15.4. The zero-order valence-electron chi connectivity index (χ0n) is 14.7. The second kappa shape index (κ2) is 8.94. The van der Waals surface area contributed by atoms with Gasteiger partial charge in [-0.15, -0.1) is 12.4 Å². The summed E-state index contributed by atoms with van der Waals surface area (Å²) in [5.74, 6) is 0.987. The molecule has 1 unspecified atom stereocenters. The Morgan fingerprint density at radius 3 is 2.41 bits per heavy atom. The summed E-state index contributed by atoms with van der Waals surface area (Å²) in [7, 11) is 0. The lowest BCUT2D eigenvalue weighted by Gasteiger charge is -2.18. The van der Waals surface area contributed by atoms with E-state index in [0.717, 1.165) is 35.3 Å². The number of hydrogen-bond acceptors (Lipinski definition) is 3. The van der Waals surface area contributed by atoms with Gasteiger partial charge in [-0.3, -0.25) is 0 Å². The molecule has 0 spiro atoms. The van der Waals surface area contributed by atoms with Gasteiger partial charge in [-0.1, -0.05) is 72.3 Å². The Morgan fingerprint density at radius 1 is 0.963 bits per heavy atom. The Morgan fingerprint density at radius 2 is 1.67 bits per heavy atom. The summed E-state index contributed by atoms with van der Waals surface area (Å²) in [6.07, 6.45) is 0. The van der Waals surface area contributed by atoms with Gasteiger partial charge in [0.05, 0.1) is 5.69 Å². The molecule has 0 saturated heterocycles. The average Bonchev–Trinajstić information content (AvgIpc) is 2.87. The van der Waals surface area contributed by atoms with Crippen molar-refractivity contribution in [3.8, 4) is 0 Å². The molecule has 5 heteroatoms. The maximum Gasteiger partial charge on any atom is 0.196 e. The smallest absolute Gasteiger partial charge is 0.196 e. The van der Waals surface area contributed by atoms with Gasteiger partial charge in [0.1, 0.15) is 0 Å². The van der Waals surface area contributed by atoms with Crippen LogP contribution < -0.4 is 10.6 Å². The van der Waals surface area contributed by atoms with Gasteiger partial charge in [0.15, 0.2) is 5.96 Å². The molecular weight excluding hydrogens is 377 g/mol. The lowest BCUT2D eigenvalue weighted by Crippen LogP contribution is -2.37. The maximum absolute atomic E-state index is 6.28. The molecule has 3 nitrogen and oxygen atoms in total. The van der Waals surface area contributed by atoms with E-state index >= 15 is 0 Å². The van der Waals surface area contributed by atoms with Gasteiger partial charge in [-0.2, -0.15) is 0 Å². The standard InChI is InChI=1S/C22H20ClN3.ClH/c23-18-11-12-21-19(13-18)20(17-9-5-2-6-10-17)15-25-22(26-21)24-14-16-7-3-1-4-8-16;/h1-13,20H,14-15H2,(H2,24,25,26);1H. The minimum Gasteiger partial charge on any atom is -0.355 e. The fourth-order valence-electron chi connectivity index (χ4n) is 3.24. The van der Waals surface area contributed by atoms with Crippen molar-refractivity contribution in [2.75, 3.05) is 6.54 Å². The molecule has 0 amide bonds. The fourth-order valence-corrected chi connectivity index (χ4v) is 3.42. The second-order valence-corrected chi connectivity index (χ2v) is 6.78. The average molecular weight is 398 g/mol. The van der Waals surface area contributed by atoms with Gasteiger partial charge < -0.3 is 10.6 Å². The summed E-state index contributed by atoms with van der Waals surface area (Å²) >= 11 is 6.28. The first-order chi connectivity index (χ1) is 12.8. The highest BCUT2D eigenvalue weighted by molar-refractivity contribution is 6.30. The van der Waals surface area contributed by atoms with Crippen molar-refractivity contribution >= 4 is 35.7 Å². The van der Waals surface area contributed by atoms with Crippen LogP contribution in [0.25, 0.3) is 0 Å². The van der Waals surface area contributed by atoms with Crippen molar-refractivity contribution in [1.82, 2.24) is 10.6 Å². The summed E-state index contributed by atoms with van der Waals surface area (Å²) < 4.78 is 0. The van der Waals surface area contributed by atoms with E-state index in [1.54, 1.807) is 0 Å². The Kier molecular flexibility index (Phi) is 6.38. The molecular formula is C22H21Cl2N3. The number of rotatable bonds is 3. The van der Waals surface area contributed by atoms with Crippen molar-refractivity contribution in [3.05, 3.63) is 101 Å². The van der Waals surface area contributed by atoms with Crippen LogP contribution in [0.1, 0.15) is 22.6 Å². The number of aliphatic imine (C=N–C) groups is 1. The number of nitrogens with zero attached hydrogens (tertiary/aromatic N) is 1. The SMILES string of the molecule is Cl.Clc1ccc2c(c1)C(c1ccccc1)CNC(NCc1ccccc1)=N2. The first-order valence-corrected chi connectivity index (χ1v) is 9.12. The van der Waals surface area contributed by atoms with Gasteiger partial charge >= 0.3 is 0 Å². The first kappa shape index (κ1) is 19.3. The van der Waals surface area contributed by atoms with Crippen molar-refractivity contribution in [1.29, 1.82) is 0 Å². The van der Waals surface area contributed by atoms with Crippen LogP contribution in [0.2, 0.25) is 5.02 Å². The van der Waals surface area contributed by atoms with Crippen LogP contribution in [0.15, 0.2) is 83.9 Å². The summed E-state index contributed by atoms with van der Waals surface area (Å²) in [6, 6.07) is 26.7. The van der Waals surface area contributed by atoms with E-state index < -0.39 is 0 Å². The van der Waals surface area contributed by atoms with Crippen molar-refractivity contribution in [3.63, 3.8) is 0 Å². The van der Waals surface area contributed by atoms with E-state index in [1.807, 2.05) is 42.5 Å². The molecule has 138 valence electrons. The highest BCUT2D eigenvalue weighted by atomic mass is 35.5. The summed E-state index contributed by atoms with van der Waals surface area (Å²) in [4.78, 5) is 4.81. The lowest BCUT2D eigenvalue weighted by atomic mass is 9.90. The molecule has 0 radical (unpaired) electrons. The van der Waals surface area contributed by atoms with E-state index in [0.29, 0.717) is 0 Å². The predicted molar refractivity (Wildman–Crippen MR) is 115 cm³/mol. The van der Waals surface area contributed by atoms with Gasteiger partial charge in [-0.25, -0.2) is 4.99 Å². The number of hydrogen-bond donors (Lipinski definition) is 2. The Bertz CT molecular complexity index is 911. The minimum absolute atomic E-state index is 0. The largest absolute Gasteiger partial charge is 0.355 e. The number of halogens is 2. The number of guanidine groups is 1. The topological polar surface area (TPSA) is 36.4 Å². The highest BCUT2D eigenvalue weighted by Gasteiger charge is 2.21. The summed E-state index contributed by atoms with van der Waals surface area (Å²) in [5, 5.41) is 7.61. The maximum atomic E-state index is 6.28. The lowest BCUT2D eigenvalue weighted by molar-refractivity contribution is 0.742. The molecule has 1 aliphatic rings. The second-order valence-electron chi connectivity index (χ2n) is 6.35. The molecule has 27 heavy (non-hydrogen) atoms. The zero-order chi connectivity index (χ0) is 17.8. The van der Waals surface area contributed by atoms with Crippen LogP contribution >= 0.6 is 24.0 Å². The van der Waals surface area contributed by atoms with Crippen LogP contribution in [0.4, 0.5) is 5.69 Å². The van der Waals surface area contributed by atoms with E-state index in [-0.39, 0.29) is 18.3 Å². The molecule has 2 N–H and O–H groups in total. The third kappa shape index (κ3) is 4.62.